The van der Waals surface area contributed by atoms with Crippen LogP contribution in [0.25, 0.3) is 0 Å². The Labute approximate surface area is 120 Å². The van der Waals surface area contributed by atoms with Gasteiger partial charge in [0.15, 0.2) is 0 Å². The second-order valence-electron chi connectivity index (χ2n) is 5.46. The van der Waals surface area contributed by atoms with Crippen molar-refractivity contribution in [2.24, 2.45) is 11.3 Å². The van der Waals surface area contributed by atoms with Crippen LogP contribution in [0.3, 0.4) is 0 Å². The average Bonchev–Trinajstić information content (AvgIpc) is 2.96. The molecular weight excluding hydrogens is 282 g/mol. The van der Waals surface area contributed by atoms with E-state index < -0.39 is 11.4 Å². The molecule has 0 spiro atoms. The van der Waals surface area contributed by atoms with Gasteiger partial charge in [0.05, 0.1) is 10.4 Å². The molecule has 0 bridgehead atoms. The Hall–Kier alpha value is -1.69. The van der Waals surface area contributed by atoms with Gasteiger partial charge in [-0.15, -0.1) is 0 Å². The molecule has 2 fully saturated rings. The minimum atomic E-state index is -0.802. The normalized spacial score (nSPS) is 28.4. The van der Waals surface area contributed by atoms with Crippen molar-refractivity contribution in [3.05, 3.63) is 23.2 Å². The first kappa shape index (κ1) is 13.3. The standard InChI is InChI=1S/C13H14ClN3O3/c14-9-4-15-7-16-10(9)11(18)17-5-8-2-1-3-13(8,6-17)12(19)20/h4,7-8H,1-3,5-6H2,(H,19,20)/t8-,13+/m0/s1. The molecule has 1 aromatic heterocycles. The van der Waals surface area contributed by atoms with Gasteiger partial charge >= 0.3 is 5.97 Å². The van der Waals surface area contributed by atoms with Crippen LogP contribution in [0.4, 0.5) is 0 Å². The lowest BCUT2D eigenvalue weighted by molar-refractivity contribution is -0.149. The van der Waals surface area contributed by atoms with Crippen LogP contribution < -0.4 is 0 Å². The van der Waals surface area contributed by atoms with Gasteiger partial charge in [-0.2, -0.15) is 0 Å². The number of carbonyl (C=O) groups is 2. The van der Waals surface area contributed by atoms with E-state index in [1.165, 1.54) is 12.5 Å². The number of amides is 1. The van der Waals surface area contributed by atoms with Gasteiger partial charge in [0, 0.05) is 19.3 Å². The van der Waals surface area contributed by atoms with Crippen molar-refractivity contribution < 1.29 is 14.7 Å². The second kappa shape index (κ2) is 4.70. The highest BCUT2D eigenvalue weighted by molar-refractivity contribution is 6.33. The Balaban J connectivity index is 1.86. The van der Waals surface area contributed by atoms with Gasteiger partial charge in [-0.3, -0.25) is 9.59 Å². The molecule has 2 heterocycles. The van der Waals surface area contributed by atoms with Crippen LogP contribution in [0.1, 0.15) is 29.8 Å². The predicted molar refractivity (Wildman–Crippen MR) is 70.4 cm³/mol. The zero-order valence-electron chi connectivity index (χ0n) is 10.8. The first-order valence-electron chi connectivity index (χ1n) is 6.53. The third-order valence-corrected chi connectivity index (χ3v) is 4.73. The lowest BCUT2D eigenvalue weighted by Gasteiger charge is -2.23. The third-order valence-electron chi connectivity index (χ3n) is 4.45. The van der Waals surface area contributed by atoms with Crippen LogP contribution in [-0.2, 0) is 4.79 Å². The number of fused-ring (bicyclic) bond motifs is 1. The number of aliphatic carboxylic acids is 1. The highest BCUT2D eigenvalue weighted by Gasteiger charge is 2.56. The Kier molecular flexibility index (Phi) is 3.12. The molecule has 3 rings (SSSR count). The number of carboxylic acids is 1. The van der Waals surface area contributed by atoms with Crippen molar-refractivity contribution in [3.63, 3.8) is 0 Å². The number of carbonyl (C=O) groups excluding carboxylic acids is 1. The third kappa shape index (κ3) is 1.86. The van der Waals surface area contributed by atoms with E-state index in [9.17, 15) is 14.7 Å². The summed E-state index contributed by atoms with van der Waals surface area (Å²) in [5, 5.41) is 9.70. The summed E-state index contributed by atoms with van der Waals surface area (Å²) in [7, 11) is 0. The van der Waals surface area contributed by atoms with Gasteiger partial charge in [0.25, 0.3) is 5.91 Å². The number of hydrogen-bond donors (Lipinski definition) is 1. The minimum absolute atomic E-state index is 0.0320. The summed E-state index contributed by atoms with van der Waals surface area (Å²) in [6.07, 6.45) is 5.03. The van der Waals surface area contributed by atoms with E-state index in [-0.39, 0.29) is 29.1 Å². The molecule has 6 nitrogen and oxygen atoms in total. The number of likely N-dealkylation sites (tertiary alicyclic amines) is 1. The van der Waals surface area contributed by atoms with Gasteiger partial charge in [0.2, 0.25) is 0 Å². The monoisotopic (exact) mass is 295 g/mol. The average molecular weight is 296 g/mol. The van der Waals surface area contributed by atoms with Gasteiger partial charge in [0.1, 0.15) is 12.0 Å². The van der Waals surface area contributed by atoms with Gasteiger partial charge in [-0.1, -0.05) is 18.0 Å². The maximum Gasteiger partial charge on any atom is 0.311 e. The van der Waals surface area contributed by atoms with E-state index in [1.807, 2.05) is 0 Å². The number of hydrogen-bond acceptors (Lipinski definition) is 4. The first-order valence-corrected chi connectivity index (χ1v) is 6.90. The number of rotatable bonds is 2. The molecule has 1 aliphatic heterocycles. The van der Waals surface area contributed by atoms with Gasteiger partial charge in [-0.25, -0.2) is 9.97 Å². The lowest BCUT2D eigenvalue weighted by atomic mass is 9.81. The molecule has 2 aliphatic rings. The summed E-state index contributed by atoms with van der Waals surface area (Å²) in [4.78, 5) is 33.2. The number of carboxylic acid groups (broad SMARTS) is 1. The highest BCUT2D eigenvalue weighted by Crippen LogP contribution is 2.49. The van der Waals surface area contributed by atoms with E-state index in [1.54, 1.807) is 4.90 Å². The van der Waals surface area contributed by atoms with Crippen molar-refractivity contribution in [2.75, 3.05) is 13.1 Å². The molecule has 1 saturated carbocycles. The summed E-state index contributed by atoms with van der Waals surface area (Å²) in [5.74, 6) is -1.08. The van der Waals surface area contributed by atoms with Crippen LogP contribution in [0.5, 0.6) is 0 Å². The molecule has 1 N–H and O–H groups in total. The van der Waals surface area contributed by atoms with Crippen molar-refractivity contribution in [1.82, 2.24) is 14.9 Å². The van der Waals surface area contributed by atoms with Crippen molar-refractivity contribution in [1.29, 1.82) is 0 Å². The molecule has 0 radical (unpaired) electrons. The second-order valence-corrected chi connectivity index (χ2v) is 5.86. The maximum atomic E-state index is 12.4. The SMILES string of the molecule is O=C(c1ncncc1Cl)N1C[C@@H]2CCC[C@@]2(C(=O)O)C1. The molecule has 0 aromatic carbocycles. The summed E-state index contributed by atoms with van der Waals surface area (Å²) >= 11 is 5.93. The Morgan fingerprint density at radius 2 is 2.30 bits per heavy atom. The summed E-state index contributed by atoms with van der Waals surface area (Å²) in [6.45, 7) is 0.706. The maximum absolute atomic E-state index is 12.4. The summed E-state index contributed by atoms with van der Waals surface area (Å²) in [6, 6.07) is 0. The van der Waals surface area contributed by atoms with Crippen LogP contribution in [0.2, 0.25) is 5.02 Å². The van der Waals surface area contributed by atoms with Crippen molar-refractivity contribution in [2.45, 2.75) is 19.3 Å². The zero-order valence-corrected chi connectivity index (χ0v) is 11.5. The fourth-order valence-corrected chi connectivity index (χ4v) is 3.60. The number of nitrogens with zero attached hydrogens (tertiary/aromatic N) is 3. The van der Waals surface area contributed by atoms with E-state index >= 15 is 0 Å². The van der Waals surface area contributed by atoms with Gasteiger partial charge in [-0.05, 0) is 18.8 Å². The molecule has 106 valence electrons. The minimum Gasteiger partial charge on any atom is -0.481 e. The molecular formula is C13H14ClN3O3. The molecule has 2 atom stereocenters. The smallest absolute Gasteiger partial charge is 0.311 e. The molecule has 7 heteroatoms. The zero-order chi connectivity index (χ0) is 14.3. The summed E-state index contributed by atoms with van der Waals surface area (Å²) in [5.41, 5.74) is -0.642. The quantitative estimate of drug-likeness (QED) is 0.893. The van der Waals surface area contributed by atoms with Crippen LogP contribution in [-0.4, -0.2) is 44.9 Å². The van der Waals surface area contributed by atoms with Gasteiger partial charge < -0.3 is 10.0 Å². The highest BCUT2D eigenvalue weighted by atomic mass is 35.5. The largest absolute Gasteiger partial charge is 0.481 e. The summed E-state index contributed by atoms with van der Waals surface area (Å²) < 4.78 is 0. The topological polar surface area (TPSA) is 83.4 Å². The Morgan fingerprint density at radius 3 is 2.95 bits per heavy atom. The Morgan fingerprint density at radius 1 is 1.50 bits per heavy atom. The lowest BCUT2D eigenvalue weighted by Crippen LogP contribution is -2.37. The fourth-order valence-electron chi connectivity index (χ4n) is 3.41. The molecule has 20 heavy (non-hydrogen) atoms. The van der Waals surface area contributed by atoms with E-state index in [2.05, 4.69) is 9.97 Å². The van der Waals surface area contributed by atoms with E-state index in [0.29, 0.717) is 13.0 Å². The molecule has 1 saturated heterocycles. The molecule has 0 unspecified atom stereocenters. The molecule has 1 amide bonds. The van der Waals surface area contributed by atoms with Crippen LogP contribution in [0.15, 0.2) is 12.5 Å². The van der Waals surface area contributed by atoms with E-state index in [4.69, 9.17) is 11.6 Å². The van der Waals surface area contributed by atoms with Crippen LogP contribution in [0, 0.1) is 11.3 Å². The van der Waals surface area contributed by atoms with E-state index in [0.717, 1.165) is 12.8 Å². The number of aromatic nitrogens is 2. The molecule has 1 aliphatic carbocycles. The van der Waals surface area contributed by atoms with Crippen molar-refractivity contribution >= 4 is 23.5 Å². The predicted octanol–water partition coefficient (Wildman–Crippen LogP) is 1.46. The first-order chi connectivity index (χ1) is 9.54. The fraction of sp³-hybridized carbons (Fsp3) is 0.538. The number of halogens is 1. The molecule has 1 aromatic rings. The van der Waals surface area contributed by atoms with Crippen LogP contribution >= 0.6 is 11.6 Å². The van der Waals surface area contributed by atoms with Crippen molar-refractivity contribution in [3.8, 4) is 0 Å². The Bertz CT molecular complexity index is 580.